The molecule has 0 unspecified atom stereocenters. The fraction of sp³-hybridized carbons (Fsp3) is 0.833. The van der Waals surface area contributed by atoms with E-state index < -0.39 is 0 Å². The maximum Gasteiger partial charge on any atom is 0.216 e. The molecule has 17 heavy (non-hydrogen) atoms. The third kappa shape index (κ3) is 2.04. The van der Waals surface area contributed by atoms with Gasteiger partial charge in [-0.25, -0.2) is 0 Å². The zero-order valence-corrected chi connectivity index (χ0v) is 10.2. The number of rotatable bonds is 2. The molecule has 2 aliphatic heterocycles. The van der Waals surface area contributed by atoms with Gasteiger partial charge in [-0.15, -0.1) is 0 Å². The number of piperazine rings is 1. The normalized spacial score (nSPS) is 26.9. The number of guanidine groups is 1. The van der Waals surface area contributed by atoms with E-state index in [9.17, 15) is 4.79 Å². The van der Waals surface area contributed by atoms with Gasteiger partial charge in [0.05, 0.1) is 6.54 Å². The molecule has 5 heteroatoms. The summed E-state index contributed by atoms with van der Waals surface area (Å²) in [6, 6.07) is 0.838. The fourth-order valence-corrected chi connectivity index (χ4v) is 2.87. The van der Waals surface area contributed by atoms with Crippen molar-refractivity contribution in [1.82, 2.24) is 14.7 Å². The molecule has 0 aromatic heterocycles. The molecule has 1 saturated carbocycles. The highest BCUT2D eigenvalue weighted by atomic mass is 16.1. The Morgan fingerprint density at radius 1 is 1.12 bits per heavy atom. The lowest BCUT2D eigenvalue weighted by Crippen LogP contribution is -2.55. The predicted molar refractivity (Wildman–Crippen MR) is 65.9 cm³/mol. The molecule has 3 rings (SSSR count). The number of hydrogen-bond donors (Lipinski definition) is 0. The molecule has 2 heterocycles. The molecular formula is C12H20N4O. The summed E-state index contributed by atoms with van der Waals surface area (Å²) in [4.78, 5) is 21.9. The standard InChI is InChI=1S/C12H20N4O/c17-10-16-5-4-13-12(16)15-8-6-14(7-9-15)11-2-1-3-11/h10-11H,1-9H2. The maximum absolute atomic E-state index is 10.9. The molecule has 94 valence electrons. The minimum atomic E-state index is 0.752. The zero-order chi connectivity index (χ0) is 11.7. The maximum atomic E-state index is 10.9. The van der Waals surface area contributed by atoms with Crippen molar-refractivity contribution in [2.75, 3.05) is 39.3 Å². The van der Waals surface area contributed by atoms with Crippen LogP contribution in [0.5, 0.6) is 0 Å². The third-order valence-electron chi connectivity index (χ3n) is 4.17. The average molecular weight is 236 g/mol. The Hall–Kier alpha value is -1.10. The number of carbonyl (C=O) groups is 1. The summed E-state index contributed by atoms with van der Waals surface area (Å²) in [5, 5.41) is 0. The van der Waals surface area contributed by atoms with Crippen molar-refractivity contribution >= 4 is 12.4 Å². The highest BCUT2D eigenvalue weighted by molar-refractivity contribution is 5.90. The summed E-state index contributed by atoms with van der Waals surface area (Å²) >= 11 is 0. The zero-order valence-electron chi connectivity index (χ0n) is 10.2. The van der Waals surface area contributed by atoms with Gasteiger partial charge >= 0.3 is 0 Å². The van der Waals surface area contributed by atoms with Crippen LogP contribution in [0.25, 0.3) is 0 Å². The Balaban J connectivity index is 1.55. The van der Waals surface area contributed by atoms with Gasteiger partial charge in [-0.2, -0.15) is 0 Å². The first-order chi connectivity index (χ1) is 8.38. The van der Waals surface area contributed by atoms with Gasteiger partial charge in [0.15, 0.2) is 0 Å². The van der Waals surface area contributed by atoms with Gasteiger partial charge in [-0.1, -0.05) is 6.42 Å². The molecule has 1 saturated heterocycles. The van der Waals surface area contributed by atoms with Crippen LogP contribution in [0.3, 0.4) is 0 Å². The van der Waals surface area contributed by atoms with E-state index in [1.165, 1.54) is 19.3 Å². The summed E-state index contributed by atoms with van der Waals surface area (Å²) in [6.45, 7) is 5.78. The molecule has 0 aromatic carbocycles. The van der Waals surface area contributed by atoms with Crippen LogP contribution in [-0.4, -0.2) is 72.4 Å². The molecule has 2 fully saturated rings. The second-order valence-electron chi connectivity index (χ2n) is 5.09. The molecule has 5 nitrogen and oxygen atoms in total. The Labute approximate surface area is 102 Å². The molecule has 3 aliphatic rings. The number of aliphatic imine (C=N–C) groups is 1. The number of amides is 1. The minimum Gasteiger partial charge on any atom is -0.340 e. The molecule has 0 bridgehead atoms. The van der Waals surface area contributed by atoms with Crippen molar-refractivity contribution in [3.63, 3.8) is 0 Å². The van der Waals surface area contributed by atoms with Crippen LogP contribution in [0.4, 0.5) is 0 Å². The fourth-order valence-electron chi connectivity index (χ4n) is 2.87. The van der Waals surface area contributed by atoms with Gasteiger partial charge in [0.2, 0.25) is 12.4 Å². The first-order valence-corrected chi connectivity index (χ1v) is 6.64. The SMILES string of the molecule is O=CN1CCN=C1N1CCN(C2CCC2)CC1. The molecule has 1 amide bonds. The first-order valence-electron chi connectivity index (χ1n) is 6.64. The summed E-state index contributed by atoms with van der Waals surface area (Å²) in [5.41, 5.74) is 0. The molecule has 0 N–H and O–H groups in total. The molecular weight excluding hydrogens is 216 g/mol. The van der Waals surface area contributed by atoms with E-state index in [1.807, 2.05) is 0 Å². The van der Waals surface area contributed by atoms with Crippen LogP contribution in [-0.2, 0) is 4.79 Å². The smallest absolute Gasteiger partial charge is 0.216 e. The molecule has 0 aromatic rings. The number of hydrogen-bond acceptors (Lipinski definition) is 4. The van der Waals surface area contributed by atoms with Crippen LogP contribution in [0, 0.1) is 0 Å². The Kier molecular flexibility index (Phi) is 3.01. The first kappa shape index (κ1) is 11.0. The minimum absolute atomic E-state index is 0.752. The lowest BCUT2D eigenvalue weighted by atomic mass is 9.91. The van der Waals surface area contributed by atoms with Crippen LogP contribution in [0.15, 0.2) is 4.99 Å². The highest BCUT2D eigenvalue weighted by Crippen LogP contribution is 2.25. The second-order valence-corrected chi connectivity index (χ2v) is 5.09. The topological polar surface area (TPSA) is 39.2 Å². The van der Waals surface area contributed by atoms with Gasteiger partial charge in [0.1, 0.15) is 0 Å². The van der Waals surface area contributed by atoms with Crippen LogP contribution in [0.1, 0.15) is 19.3 Å². The quantitative estimate of drug-likeness (QED) is 0.633. The molecule has 1 aliphatic carbocycles. The van der Waals surface area contributed by atoms with Crippen molar-refractivity contribution in [3.8, 4) is 0 Å². The summed E-state index contributed by atoms with van der Waals surface area (Å²) in [6.07, 6.45) is 5.06. The van der Waals surface area contributed by atoms with E-state index >= 15 is 0 Å². The van der Waals surface area contributed by atoms with E-state index in [1.54, 1.807) is 4.90 Å². The lowest BCUT2D eigenvalue weighted by Gasteiger charge is -2.43. The summed E-state index contributed by atoms with van der Waals surface area (Å²) in [5.74, 6) is 0.897. The number of nitrogens with zero attached hydrogens (tertiary/aromatic N) is 4. The Bertz CT molecular complexity index is 318. The number of carbonyl (C=O) groups excluding carboxylic acids is 1. The largest absolute Gasteiger partial charge is 0.340 e. The van der Waals surface area contributed by atoms with Gasteiger partial charge in [0.25, 0.3) is 0 Å². The third-order valence-corrected chi connectivity index (χ3v) is 4.17. The van der Waals surface area contributed by atoms with Crippen LogP contribution in [0.2, 0.25) is 0 Å². The van der Waals surface area contributed by atoms with Crippen molar-refractivity contribution in [1.29, 1.82) is 0 Å². The molecule has 0 radical (unpaired) electrons. The molecule has 0 atom stereocenters. The second kappa shape index (κ2) is 4.64. The Morgan fingerprint density at radius 2 is 1.88 bits per heavy atom. The van der Waals surface area contributed by atoms with Crippen molar-refractivity contribution in [2.45, 2.75) is 25.3 Å². The van der Waals surface area contributed by atoms with Gasteiger partial charge in [-0.05, 0) is 12.8 Å². The molecule has 0 spiro atoms. The van der Waals surface area contributed by atoms with Gasteiger partial charge < -0.3 is 4.90 Å². The van der Waals surface area contributed by atoms with E-state index in [4.69, 9.17) is 0 Å². The lowest BCUT2D eigenvalue weighted by molar-refractivity contribution is -0.114. The van der Waals surface area contributed by atoms with E-state index in [0.29, 0.717) is 0 Å². The summed E-state index contributed by atoms with van der Waals surface area (Å²) < 4.78 is 0. The Morgan fingerprint density at radius 3 is 2.47 bits per heavy atom. The van der Waals surface area contributed by atoms with Crippen LogP contribution < -0.4 is 0 Å². The van der Waals surface area contributed by atoms with Crippen LogP contribution >= 0.6 is 0 Å². The summed E-state index contributed by atoms with van der Waals surface area (Å²) in [7, 11) is 0. The van der Waals surface area contributed by atoms with E-state index in [2.05, 4.69) is 14.8 Å². The highest BCUT2D eigenvalue weighted by Gasteiger charge is 2.30. The van der Waals surface area contributed by atoms with Gasteiger partial charge in [0, 0.05) is 38.8 Å². The van der Waals surface area contributed by atoms with Crippen molar-refractivity contribution in [3.05, 3.63) is 0 Å². The van der Waals surface area contributed by atoms with E-state index in [0.717, 1.165) is 57.7 Å². The predicted octanol–water partition coefficient (Wildman–Crippen LogP) is -0.0155. The van der Waals surface area contributed by atoms with E-state index in [-0.39, 0.29) is 0 Å². The monoisotopic (exact) mass is 236 g/mol. The van der Waals surface area contributed by atoms with Crippen molar-refractivity contribution < 1.29 is 4.79 Å². The van der Waals surface area contributed by atoms with Gasteiger partial charge in [-0.3, -0.25) is 19.6 Å². The average Bonchev–Trinajstić information content (AvgIpc) is 2.76. The van der Waals surface area contributed by atoms with Crippen molar-refractivity contribution in [2.24, 2.45) is 4.99 Å².